The molecule has 0 bridgehead atoms. The minimum atomic E-state index is -0.0800. The summed E-state index contributed by atoms with van der Waals surface area (Å²) in [6.07, 6.45) is 2.09. The average Bonchev–Trinajstić information content (AvgIpc) is 3.23. The molecule has 0 unspecified atom stereocenters. The molecule has 31 heavy (non-hydrogen) atoms. The second-order valence-corrected chi connectivity index (χ2v) is 9.32. The second kappa shape index (κ2) is 8.85. The molecule has 2 aliphatic rings. The molecule has 1 N–H and O–H groups in total. The lowest BCUT2D eigenvalue weighted by atomic mass is 9.97. The van der Waals surface area contributed by atoms with Gasteiger partial charge >= 0.3 is 0 Å². The van der Waals surface area contributed by atoms with Crippen LogP contribution in [0.1, 0.15) is 42.3 Å². The number of fused-ring (bicyclic) bond motifs is 2. The first-order chi connectivity index (χ1) is 15.2. The van der Waals surface area contributed by atoms with Crippen molar-refractivity contribution in [3.8, 4) is 11.5 Å². The van der Waals surface area contributed by atoms with Crippen LogP contribution in [-0.2, 0) is 4.79 Å². The quantitative estimate of drug-likeness (QED) is 0.650. The van der Waals surface area contributed by atoms with E-state index in [0.717, 1.165) is 48.5 Å². The summed E-state index contributed by atoms with van der Waals surface area (Å²) in [5.74, 6) is 2.07. The fourth-order valence-electron chi connectivity index (χ4n) is 4.31. The van der Waals surface area contributed by atoms with Crippen molar-refractivity contribution in [2.45, 2.75) is 31.7 Å². The molecule has 1 aromatic heterocycles. The van der Waals surface area contributed by atoms with Crippen LogP contribution in [-0.4, -0.2) is 48.6 Å². The molecule has 162 valence electrons. The first-order valence-corrected chi connectivity index (χ1v) is 11.7. The number of likely N-dealkylation sites (tertiary alicyclic amines) is 1. The third-order valence-electron chi connectivity index (χ3n) is 6.06. The van der Waals surface area contributed by atoms with Crippen molar-refractivity contribution >= 4 is 27.5 Å². The van der Waals surface area contributed by atoms with Crippen LogP contribution in [0.3, 0.4) is 0 Å². The number of hydrogen-bond acceptors (Lipinski definition) is 6. The van der Waals surface area contributed by atoms with Crippen molar-refractivity contribution in [1.82, 2.24) is 15.2 Å². The van der Waals surface area contributed by atoms with E-state index in [0.29, 0.717) is 25.7 Å². The van der Waals surface area contributed by atoms with Crippen molar-refractivity contribution in [3.05, 3.63) is 53.0 Å². The lowest BCUT2D eigenvalue weighted by Crippen LogP contribution is -2.41. The summed E-state index contributed by atoms with van der Waals surface area (Å²) < 4.78 is 12.5. The second-order valence-electron chi connectivity index (χ2n) is 8.26. The maximum atomic E-state index is 12.6. The van der Waals surface area contributed by atoms with Crippen LogP contribution in [0, 0.1) is 0 Å². The lowest BCUT2D eigenvalue weighted by Gasteiger charge is -2.30. The van der Waals surface area contributed by atoms with Gasteiger partial charge in [-0.15, -0.1) is 11.3 Å². The number of benzene rings is 2. The molecule has 2 aromatic carbocycles. The SMILES string of the molecule is C[C@H](NC(=O)CN1CCC(c2nc3ccccc3s2)CC1)c1ccc2c(c1)OCCO2. The lowest BCUT2D eigenvalue weighted by molar-refractivity contribution is -0.123. The number of nitrogens with zero attached hydrogens (tertiary/aromatic N) is 2. The molecule has 3 heterocycles. The van der Waals surface area contributed by atoms with Gasteiger partial charge in [0, 0.05) is 5.92 Å². The van der Waals surface area contributed by atoms with Gasteiger partial charge in [-0.3, -0.25) is 9.69 Å². The minimum Gasteiger partial charge on any atom is -0.486 e. The van der Waals surface area contributed by atoms with Crippen LogP contribution in [0.2, 0.25) is 0 Å². The van der Waals surface area contributed by atoms with Crippen LogP contribution in [0.25, 0.3) is 10.2 Å². The number of amides is 1. The standard InChI is InChI=1S/C24H27N3O3S/c1-16(18-6-7-20-21(14-18)30-13-12-29-20)25-23(28)15-27-10-8-17(9-11-27)24-26-19-4-2-3-5-22(19)31-24/h2-7,14,16-17H,8-13,15H2,1H3,(H,25,28)/t16-/m0/s1. The van der Waals surface area contributed by atoms with Gasteiger partial charge in [-0.25, -0.2) is 4.98 Å². The Balaban J connectivity index is 1.13. The number of piperidine rings is 1. The molecular weight excluding hydrogens is 410 g/mol. The topological polar surface area (TPSA) is 63.7 Å². The van der Waals surface area contributed by atoms with Crippen LogP contribution in [0.15, 0.2) is 42.5 Å². The molecular formula is C24H27N3O3S. The van der Waals surface area contributed by atoms with Gasteiger partial charge < -0.3 is 14.8 Å². The number of aromatic nitrogens is 1. The van der Waals surface area contributed by atoms with Gasteiger partial charge in [-0.1, -0.05) is 18.2 Å². The van der Waals surface area contributed by atoms with Crippen LogP contribution in [0.4, 0.5) is 0 Å². The molecule has 5 rings (SSSR count). The Bertz CT molecular complexity index is 1040. The fourth-order valence-corrected chi connectivity index (χ4v) is 5.44. The third kappa shape index (κ3) is 4.52. The monoisotopic (exact) mass is 437 g/mol. The van der Waals surface area contributed by atoms with E-state index in [4.69, 9.17) is 14.5 Å². The predicted octanol–water partition coefficient (Wildman–Crippen LogP) is 4.12. The first-order valence-electron chi connectivity index (χ1n) is 10.9. The predicted molar refractivity (Wildman–Crippen MR) is 122 cm³/mol. The van der Waals surface area contributed by atoms with Gasteiger partial charge in [-0.05, 0) is 62.7 Å². The first kappa shape index (κ1) is 20.3. The largest absolute Gasteiger partial charge is 0.486 e. The van der Waals surface area contributed by atoms with Crippen molar-refractivity contribution in [1.29, 1.82) is 0 Å². The Kier molecular flexibility index (Phi) is 5.78. The van der Waals surface area contributed by atoms with Crippen molar-refractivity contribution < 1.29 is 14.3 Å². The Labute approximate surface area is 186 Å². The summed E-state index contributed by atoms with van der Waals surface area (Å²) >= 11 is 1.81. The Morgan fingerprint density at radius 3 is 2.74 bits per heavy atom. The number of hydrogen-bond donors (Lipinski definition) is 1. The highest BCUT2D eigenvalue weighted by Crippen LogP contribution is 2.34. The van der Waals surface area contributed by atoms with Gasteiger partial charge in [0.25, 0.3) is 0 Å². The highest BCUT2D eigenvalue weighted by atomic mass is 32.1. The number of nitrogens with one attached hydrogen (secondary N) is 1. The van der Waals surface area contributed by atoms with Gasteiger partial charge in [0.15, 0.2) is 11.5 Å². The van der Waals surface area contributed by atoms with Gasteiger partial charge in [-0.2, -0.15) is 0 Å². The van der Waals surface area contributed by atoms with E-state index in [2.05, 4.69) is 28.4 Å². The maximum Gasteiger partial charge on any atom is 0.234 e. The van der Waals surface area contributed by atoms with Gasteiger partial charge in [0.1, 0.15) is 13.2 Å². The molecule has 2 aliphatic heterocycles. The summed E-state index contributed by atoms with van der Waals surface area (Å²) in [4.78, 5) is 19.7. The number of para-hydroxylation sites is 1. The highest BCUT2D eigenvalue weighted by Gasteiger charge is 2.25. The number of carbonyl (C=O) groups is 1. The van der Waals surface area contributed by atoms with E-state index in [9.17, 15) is 4.79 Å². The van der Waals surface area contributed by atoms with Crippen LogP contribution >= 0.6 is 11.3 Å². The smallest absolute Gasteiger partial charge is 0.234 e. The Morgan fingerprint density at radius 1 is 1.16 bits per heavy atom. The summed E-state index contributed by atoms with van der Waals surface area (Å²) in [6, 6.07) is 14.1. The number of ether oxygens (including phenoxy) is 2. The molecule has 0 saturated carbocycles. The Morgan fingerprint density at radius 2 is 1.94 bits per heavy atom. The normalized spacial score (nSPS) is 18.1. The van der Waals surface area contributed by atoms with E-state index in [1.807, 2.05) is 31.2 Å². The van der Waals surface area contributed by atoms with E-state index in [1.54, 1.807) is 11.3 Å². The van der Waals surface area contributed by atoms with Crippen molar-refractivity contribution in [2.75, 3.05) is 32.8 Å². The molecule has 0 radical (unpaired) electrons. The zero-order chi connectivity index (χ0) is 21.2. The molecule has 6 nitrogen and oxygen atoms in total. The average molecular weight is 438 g/mol. The Hall–Kier alpha value is -2.64. The van der Waals surface area contributed by atoms with E-state index < -0.39 is 0 Å². The van der Waals surface area contributed by atoms with Crippen molar-refractivity contribution in [2.24, 2.45) is 0 Å². The molecule has 3 aromatic rings. The highest BCUT2D eigenvalue weighted by molar-refractivity contribution is 7.18. The molecule has 1 amide bonds. The number of carbonyl (C=O) groups excluding carboxylic acids is 1. The summed E-state index contributed by atoms with van der Waals surface area (Å²) in [5, 5.41) is 4.36. The summed E-state index contributed by atoms with van der Waals surface area (Å²) in [7, 11) is 0. The molecule has 7 heteroatoms. The van der Waals surface area contributed by atoms with E-state index >= 15 is 0 Å². The summed E-state index contributed by atoms with van der Waals surface area (Å²) in [5.41, 5.74) is 2.12. The minimum absolute atomic E-state index is 0.0563. The third-order valence-corrected chi connectivity index (χ3v) is 7.26. The molecule has 0 aliphatic carbocycles. The molecule has 1 fully saturated rings. The van der Waals surface area contributed by atoms with E-state index in [-0.39, 0.29) is 11.9 Å². The molecule has 1 atom stereocenters. The summed E-state index contributed by atoms with van der Waals surface area (Å²) in [6.45, 7) is 5.42. The maximum absolute atomic E-state index is 12.6. The molecule has 0 spiro atoms. The van der Waals surface area contributed by atoms with Crippen LogP contribution < -0.4 is 14.8 Å². The van der Waals surface area contributed by atoms with E-state index in [1.165, 1.54) is 9.71 Å². The van der Waals surface area contributed by atoms with Gasteiger partial charge in [0.05, 0.1) is 27.8 Å². The zero-order valence-electron chi connectivity index (χ0n) is 17.7. The van der Waals surface area contributed by atoms with Crippen molar-refractivity contribution in [3.63, 3.8) is 0 Å². The fraction of sp³-hybridized carbons (Fsp3) is 0.417. The van der Waals surface area contributed by atoms with Gasteiger partial charge in [0.2, 0.25) is 5.91 Å². The number of thiazole rings is 1. The zero-order valence-corrected chi connectivity index (χ0v) is 18.5. The molecule has 1 saturated heterocycles. The number of rotatable bonds is 5. The van der Waals surface area contributed by atoms with Crippen LogP contribution in [0.5, 0.6) is 11.5 Å².